The first-order valence-electron chi connectivity index (χ1n) is 10.6. The molecular weight excluding hydrogens is 415 g/mol. The Kier molecular flexibility index (Phi) is 6.65. The molecule has 2 heterocycles. The van der Waals surface area contributed by atoms with Crippen molar-refractivity contribution >= 4 is 23.4 Å². The zero-order chi connectivity index (χ0) is 22.5. The molecule has 2 aromatic carbocycles. The molecule has 1 atom stereocenters. The van der Waals surface area contributed by atoms with Crippen molar-refractivity contribution in [1.29, 1.82) is 0 Å². The first-order valence-corrected chi connectivity index (χ1v) is 10.6. The van der Waals surface area contributed by atoms with E-state index in [0.29, 0.717) is 56.3 Å². The summed E-state index contributed by atoms with van der Waals surface area (Å²) >= 11 is 0. The van der Waals surface area contributed by atoms with E-state index in [2.05, 4.69) is 15.5 Å². The molecule has 0 saturated carbocycles. The minimum Gasteiger partial charge on any atom is -0.492 e. The van der Waals surface area contributed by atoms with Crippen LogP contribution >= 0.6 is 0 Å². The lowest BCUT2D eigenvalue weighted by Gasteiger charge is -2.35. The highest BCUT2D eigenvalue weighted by atomic mass is 19.1. The summed E-state index contributed by atoms with van der Waals surface area (Å²) < 4.78 is 18.6. The highest BCUT2D eigenvalue weighted by Gasteiger charge is 2.31. The molecule has 2 aromatic rings. The summed E-state index contributed by atoms with van der Waals surface area (Å²) in [5, 5.41) is 5.38. The number of hydrogen-bond donors (Lipinski definition) is 2. The fraction of sp³-hybridized carbons (Fsp3) is 0.348. The number of halogens is 1. The molecule has 0 aromatic heterocycles. The minimum absolute atomic E-state index is 0.0841. The molecule has 0 aliphatic carbocycles. The van der Waals surface area contributed by atoms with Gasteiger partial charge in [-0.2, -0.15) is 0 Å². The van der Waals surface area contributed by atoms with E-state index in [9.17, 15) is 18.8 Å². The second kappa shape index (κ2) is 9.78. The first kappa shape index (κ1) is 21.8. The first-order chi connectivity index (χ1) is 15.5. The van der Waals surface area contributed by atoms with Gasteiger partial charge >= 0.3 is 0 Å². The van der Waals surface area contributed by atoms with Gasteiger partial charge in [-0.3, -0.25) is 19.3 Å². The standard InChI is InChI=1S/C23H25FN4O4/c24-16-5-7-17(8-6-16)32-14-13-27-9-11-28(12-10-27)21(29)15-20-23(31)25-19-4-2-1-3-18(19)22(30)26-20/h1-8,20H,9-15H2,(H,25,31)(H,26,30). The summed E-state index contributed by atoms with van der Waals surface area (Å²) in [6.45, 7) is 3.61. The Balaban J connectivity index is 1.23. The third-order valence-electron chi connectivity index (χ3n) is 5.64. The molecule has 2 aliphatic rings. The monoisotopic (exact) mass is 440 g/mol. The van der Waals surface area contributed by atoms with E-state index in [1.54, 1.807) is 41.3 Å². The second-order valence-electron chi connectivity index (χ2n) is 7.79. The van der Waals surface area contributed by atoms with Gasteiger partial charge in [0.2, 0.25) is 11.8 Å². The van der Waals surface area contributed by atoms with Crippen LogP contribution in [0, 0.1) is 5.82 Å². The number of nitrogens with one attached hydrogen (secondary N) is 2. The molecule has 4 rings (SSSR count). The van der Waals surface area contributed by atoms with Crippen molar-refractivity contribution < 1.29 is 23.5 Å². The summed E-state index contributed by atoms with van der Waals surface area (Å²) in [6.07, 6.45) is -0.0841. The predicted molar refractivity (Wildman–Crippen MR) is 116 cm³/mol. The van der Waals surface area contributed by atoms with Crippen LogP contribution in [0.2, 0.25) is 0 Å². The third-order valence-corrected chi connectivity index (χ3v) is 5.64. The van der Waals surface area contributed by atoms with E-state index in [1.165, 1.54) is 12.1 Å². The second-order valence-corrected chi connectivity index (χ2v) is 7.79. The Labute approximate surface area is 185 Å². The smallest absolute Gasteiger partial charge is 0.254 e. The van der Waals surface area contributed by atoms with Crippen LogP contribution in [0.15, 0.2) is 48.5 Å². The molecule has 168 valence electrons. The van der Waals surface area contributed by atoms with Gasteiger partial charge in [0, 0.05) is 32.7 Å². The molecule has 8 nitrogen and oxygen atoms in total. The number of amides is 3. The van der Waals surface area contributed by atoms with Crippen LogP contribution in [0.25, 0.3) is 0 Å². The van der Waals surface area contributed by atoms with Crippen LogP contribution in [0.5, 0.6) is 5.75 Å². The summed E-state index contributed by atoms with van der Waals surface area (Å²) in [4.78, 5) is 41.6. The van der Waals surface area contributed by atoms with E-state index >= 15 is 0 Å². The van der Waals surface area contributed by atoms with Crippen LogP contribution in [0.3, 0.4) is 0 Å². The van der Waals surface area contributed by atoms with E-state index in [4.69, 9.17) is 4.74 Å². The van der Waals surface area contributed by atoms with Gasteiger partial charge in [0.25, 0.3) is 5.91 Å². The SMILES string of the molecule is O=C1NC(CC(=O)N2CCN(CCOc3ccc(F)cc3)CC2)C(=O)Nc2ccccc21. The van der Waals surface area contributed by atoms with E-state index < -0.39 is 11.9 Å². The predicted octanol–water partition coefficient (Wildman–Crippen LogP) is 1.49. The fourth-order valence-corrected chi connectivity index (χ4v) is 3.80. The van der Waals surface area contributed by atoms with Crippen LogP contribution in [0.4, 0.5) is 10.1 Å². The van der Waals surface area contributed by atoms with Crippen LogP contribution in [0.1, 0.15) is 16.8 Å². The average molecular weight is 440 g/mol. The van der Waals surface area contributed by atoms with Crippen molar-refractivity contribution in [1.82, 2.24) is 15.1 Å². The van der Waals surface area contributed by atoms with Crippen molar-refractivity contribution in [3.8, 4) is 5.75 Å². The van der Waals surface area contributed by atoms with Gasteiger partial charge in [-0.15, -0.1) is 0 Å². The van der Waals surface area contributed by atoms with Gasteiger partial charge in [0.1, 0.15) is 24.2 Å². The number of rotatable bonds is 6. The number of anilines is 1. The molecule has 2 N–H and O–H groups in total. The van der Waals surface area contributed by atoms with Crippen molar-refractivity contribution in [2.75, 3.05) is 44.6 Å². The number of ether oxygens (including phenoxy) is 1. The molecule has 0 bridgehead atoms. The number of piperazine rings is 1. The maximum absolute atomic E-state index is 12.9. The molecule has 3 amide bonds. The maximum atomic E-state index is 12.9. The number of carbonyl (C=O) groups excluding carboxylic acids is 3. The van der Waals surface area contributed by atoms with Gasteiger partial charge < -0.3 is 20.3 Å². The molecule has 1 unspecified atom stereocenters. The Morgan fingerprint density at radius 2 is 1.75 bits per heavy atom. The number of hydrogen-bond acceptors (Lipinski definition) is 5. The molecule has 0 spiro atoms. The lowest BCUT2D eigenvalue weighted by molar-refractivity contribution is -0.135. The summed E-state index contributed by atoms with van der Waals surface area (Å²) in [6, 6.07) is 11.7. The normalized spacial score (nSPS) is 18.9. The van der Waals surface area contributed by atoms with Crippen molar-refractivity contribution in [3.05, 3.63) is 59.9 Å². The van der Waals surface area contributed by atoms with E-state index in [-0.39, 0.29) is 24.1 Å². The molecule has 0 radical (unpaired) electrons. The van der Waals surface area contributed by atoms with Gasteiger partial charge in [0.15, 0.2) is 0 Å². The number of para-hydroxylation sites is 1. The quantitative estimate of drug-likeness (QED) is 0.710. The van der Waals surface area contributed by atoms with Crippen LogP contribution in [-0.4, -0.2) is 72.9 Å². The van der Waals surface area contributed by atoms with Gasteiger partial charge in [-0.25, -0.2) is 4.39 Å². The van der Waals surface area contributed by atoms with Crippen molar-refractivity contribution in [2.45, 2.75) is 12.5 Å². The number of nitrogens with zero attached hydrogens (tertiary/aromatic N) is 2. The van der Waals surface area contributed by atoms with Gasteiger partial charge in [-0.05, 0) is 36.4 Å². The minimum atomic E-state index is -0.912. The maximum Gasteiger partial charge on any atom is 0.254 e. The number of fused-ring (bicyclic) bond motifs is 1. The highest BCUT2D eigenvalue weighted by molar-refractivity contribution is 6.10. The Hall–Kier alpha value is -3.46. The van der Waals surface area contributed by atoms with Gasteiger partial charge in [0.05, 0.1) is 17.7 Å². The molecule has 1 saturated heterocycles. The van der Waals surface area contributed by atoms with Crippen molar-refractivity contribution in [3.63, 3.8) is 0 Å². The Bertz CT molecular complexity index is 990. The fourth-order valence-electron chi connectivity index (χ4n) is 3.80. The van der Waals surface area contributed by atoms with Crippen LogP contribution in [-0.2, 0) is 9.59 Å². The van der Waals surface area contributed by atoms with Crippen LogP contribution < -0.4 is 15.4 Å². The van der Waals surface area contributed by atoms with E-state index in [1.807, 2.05) is 0 Å². The summed E-state index contributed by atoms with van der Waals surface area (Å²) in [7, 11) is 0. The van der Waals surface area contributed by atoms with Gasteiger partial charge in [-0.1, -0.05) is 12.1 Å². The highest BCUT2D eigenvalue weighted by Crippen LogP contribution is 2.19. The lowest BCUT2D eigenvalue weighted by atomic mass is 10.1. The number of benzene rings is 2. The zero-order valence-electron chi connectivity index (χ0n) is 17.6. The number of carbonyl (C=O) groups is 3. The Morgan fingerprint density at radius 3 is 2.50 bits per heavy atom. The molecule has 9 heteroatoms. The lowest BCUT2D eigenvalue weighted by Crippen LogP contribution is -2.52. The largest absolute Gasteiger partial charge is 0.492 e. The molecule has 32 heavy (non-hydrogen) atoms. The summed E-state index contributed by atoms with van der Waals surface area (Å²) in [5.41, 5.74) is 0.827. The molecular formula is C23H25FN4O4. The summed E-state index contributed by atoms with van der Waals surface area (Å²) in [5.74, 6) is -0.621. The topological polar surface area (TPSA) is 91.0 Å². The van der Waals surface area contributed by atoms with E-state index in [0.717, 1.165) is 0 Å². The van der Waals surface area contributed by atoms with Crippen molar-refractivity contribution in [2.24, 2.45) is 0 Å². The average Bonchev–Trinajstić information content (AvgIpc) is 2.91. The molecule has 2 aliphatic heterocycles. The third kappa shape index (κ3) is 5.23. The Morgan fingerprint density at radius 1 is 1.03 bits per heavy atom. The zero-order valence-corrected chi connectivity index (χ0v) is 17.6. The molecule has 1 fully saturated rings.